The summed E-state index contributed by atoms with van der Waals surface area (Å²) in [6.07, 6.45) is 1.64. The molecule has 0 atom stereocenters. The first-order chi connectivity index (χ1) is 12.3. The zero-order valence-corrected chi connectivity index (χ0v) is 16.3. The van der Waals surface area contributed by atoms with Gasteiger partial charge in [0.25, 0.3) is 0 Å². The number of amides is 1. The van der Waals surface area contributed by atoms with E-state index in [-0.39, 0.29) is 23.1 Å². The highest BCUT2D eigenvalue weighted by Crippen LogP contribution is 2.32. The van der Waals surface area contributed by atoms with Crippen LogP contribution in [0.25, 0.3) is 11.1 Å². The molecule has 140 valence electrons. The zero-order valence-electron chi connectivity index (χ0n) is 15.5. The number of aromatic nitrogens is 1. The molecule has 1 saturated heterocycles. The van der Waals surface area contributed by atoms with Crippen molar-refractivity contribution in [3.05, 3.63) is 39.9 Å². The molecule has 0 radical (unpaired) electrons. The molecule has 7 heteroatoms. The summed E-state index contributed by atoms with van der Waals surface area (Å²) < 4.78 is 6.53. The Hall–Kier alpha value is -2.28. The molecule has 2 aromatic rings. The highest BCUT2D eigenvalue weighted by atomic mass is 32.2. The van der Waals surface area contributed by atoms with Crippen LogP contribution in [0.4, 0.5) is 5.69 Å². The van der Waals surface area contributed by atoms with Gasteiger partial charge in [-0.25, -0.2) is 4.79 Å². The van der Waals surface area contributed by atoms with Crippen molar-refractivity contribution in [2.75, 3.05) is 29.5 Å². The molecular formula is C19H25N3O3S. The first kappa shape index (κ1) is 18.5. The molecule has 1 aliphatic heterocycles. The lowest BCUT2D eigenvalue weighted by molar-refractivity contribution is -0.119. The molecule has 1 aromatic carbocycles. The molecule has 1 amide bonds. The first-order valence-corrected chi connectivity index (χ1v) is 10.4. The summed E-state index contributed by atoms with van der Waals surface area (Å²) in [5.41, 5.74) is 4.51. The third-order valence-corrected chi connectivity index (χ3v) is 6.11. The van der Waals surface area contributed by atoms with Gasteiger partial charge in [-0.2, -0.15) is 15.2 Å². The second-order valence-corrected chi connectivity index (χ2v) is 8.74. The maximum Gasteiger partial charge on any atom is 0.365 e. The fraction of sp³-hybridized carbons (Fsp3) is 0.421. The third-order valence-electron chi connectivity index (χ3n) is 4.60. The fourth-order valence-electron chi connectivity index (χ4n) is 3.36. The van der Waals surface area contributed by atoms with Gasteiger partial charge in [-0.15, -0.1) is 0 Å². The minimum atomic E-state index is -0.402. The van der Waals surface area contributed by atoms with E-state index in [0.29, 0.717) is 5.56 Å². The van der Waals surface area contributed by atoms with Crippen LogP contribution in [0, 0.1) is 13.8 Å². The zero-order chi connectivity index (χ0) is 18.8. The van der Waals surface area contributed by atoms with Crippen molar-refractivity contribution in [3.8, 4) is 11.1 Å². The number of carbonyl (C=O) groups is 1. The van der Waals surface area contributed by atoms with E-state index in [4.69, 9.17) is 4.52 Å². The molecule has 1 N–H and O–H groups in total. The maximum atomic E-state index is 12.2. The first-order valence-electron chi connectivity index (χ1n) is 8.64. The lowest BCUT2D eigenvalue weighted by Gasteiger charge is -2.33. The van der Waals surface area contributed by atoms with Crippen LogP contribution in [0.1, 0.15) is 18.1 Å². The van der Waals surface area contributed by atoms with E-state index in [1.54, 1.807) is 6.20 Å². The van der Waals surface area contributed by atoms with Gasteiger partial charge in [-0.1, -0.05) is 5.87 Å². The minimum absolute atomic E-state index is 0.140. The van der Waals surface area contributed by atoms with Crippen molar-refractivity contribution in [1.29, 1.82) is 0 Å². The number of hydrogen-bond acceptors (Lipinski definition) is 4. The van der Waals surface area contributed by atoms with Crippen molar-refractivity contribution in [2.24, 2.45) is 0 Å². The average molecular weight is 375 g/mol. The van der Waals surface area contributed by atoms with Gasteiger partial charge in [0.2, 0.25) is 5.91 Å². The average Bonchev–Trinajstić information content (AvgIpc) is 2.95. The van der Waals surface area contributed by atoms with Crippen LogP contribution in [-0.2, 0) is 11.5 Å². The Morgan fingerprint density at radius 3 is 2.46 bits per heavy atom. The number of rotatable bonds is 4. The van der Waals surface area contributed by atoms with Gasteiger partial charge in [0.05, 0.1) is 11.8 Å². The van der Waals surface area contributed by atoms with E-state index in [1.165, 1.54) is 17.4 Å². The van der Waals surface area contributed by atoms with Crippen LogP contribution >= 0.6 is 10.5 Å². The molecule has 1 fully saturated rings. The van der Waals surface area contributed by atoms with Gasteiger partial charge in [0, 0.05) is 37.2 Å². The Bertz CT molecular complexity index is 880. The summed E-state index contributed by atoms with van der Waals surface area (Å²) in [4.78, 5) is 25.7. The normalized spacial score (nSPS) is 15.3. The van der Waals surface area contributed by atoms with Gasteiger partial charge in [0.1, 0.15) is 6.67 Å². The molecular weight excluding hydrogens is 350 g/mol. The molecule has 1 aromatic heterocycles. The minimum Gasteiger partial charge on any atom is -0.369 e. The van der Waals surface area contributed by atoms with Crippen LogP contribution in [0.3, 0.4) is 0 Å². The molecule has 26 heavy (non-hydrogen) atoms. The lowest BCUT2D eigenvalue weighted by Crippen LogP contribution is -2.34. The number of nitrogens with one attached hydrogen (secondary N) is 1. The molecule has 0 unspecified atom stereocenters. The molecule has 0 spiro atoms. The smallest absolute Gasteiger partial charge is 0.365 e. The number of carbonyl (C=O) groups excluding carboxylic acids is 1. The monoisotopic (exact) mass is 375 g/mol. The Balaban J connectivity index is 1.89. The van der Waals surface area contributed by atoms with Crippen LogP contribution in [0.2, 0.25) is 0 Å². The van der Waals surface area contributed by atoms with Crippen molar-refractivity contribution >= 4 is 27.9 Å². The van der Waals surface area contributed by atoms with E-state index in [2.05, 4.69) is 29.9 Å². The quantitative estimate of drug-likeness (QED) is 0.833. The van der Waals surface area contributed by atoms with Crippen LogP contribution in [0.5, 0.6) is 0 Å². The Kier molecular flexibility index (Phi) is 5.36. The summed E-state index contributed by atoms with van der Waals surface area (Å²) in [5, 5.41) is 2.61. The number of hydrogen-bond donors (Lipinski definition) is 1. The summed E-state index contributed by atoms with van der Waals surface area (Å²) in [6, 6.07) is 4.08. The van der Waals surface area contributed by atoms with Crippen molar-refractivity contribution in [2.45, 2.75) is 27.4 Å². The van der Waals surface area contributed by atoms with E-state index < -0.39 is 5.63 Å². The van der Waals surface area contributed by atoms with Crippen molar-refractivity contribution in [3.63, 3.8) is 0 Å². The van der Waals surface area contributed by atoms with Gasteiger partial charge < -0.3 is 14.7 Å². The SMILES string of the molecule is C=S1CCN(c2c(C)cc(-c3cn(CNC(C)=O)oc3=O)cc2C)CC1. The van der Waals surface area contributed by atoms with Gasteiger partial charge in [0.15, 0.2) is 0 Å². The van der Waals surface area contributed by atoms with E-state index >= 15 is 0 Å². The lowest BCUT2D eigenvalue weighted by atomic mass is 10.00. The van der Waals surface area contributed by atoms with Crippen molar-refractivity contribution in [1.82, 2.24) is 10.1 Å². The number of anilines is 1. The van der Waals surface area contributed by atoms with Crippen LogP contribution in [-0.4, -0.2) is 41.1 Å². The third kappa shape index (κ3) is 3.93. The van der Waals surface area contributed by atoms with E-state index in [1.807, 2.05) is 12.1 Å². The Labute approximate surface area is 155 Å². The largest absolute Gasteiger partial charge is 0.369 e. The molecule has 3 rings (SSSR count). The summed E-state index contributed by atoms with van der Waals surface area (Å²) in [6.45, 7) is 7.79. The number of aryl methyl sites for hydroxylation is 2. The topological polar surface area (TPSA) is 67.5 Å². The summed E-state index contributed by atoms with van der Waals surface area (Å²) in [7, 11) is 0.284. The Morgan fingerprint density at radius 2 is 1.88 bits per heavy atom. The van der Waals surface area contributed by atoms with Gasteiger partial charge in [-0.05, 0) is 42.7 Å². The summed E-state index contributed by atoms with van der Waals surface area (Å²) in [5.74, 6) is 6.28. The highest BCUT2D eigenvalue weighted by Gasteiger charge is 2.19. The predicted molar refractivity (Wildman–Crippen MR) is 108 cm³/mol. The van der Waals surface area contributed by atoms with Gasteiger partial charge in [-0.3, -0.25) is 4.79 Å². The second-order valence-electron chi connectivity index (χ2n) is 6.70. The van der Waals surface area contributed by atoms with Crippen LogP contribution in [0.15, 0.2) is 27.6 Å². The van der Waals surface area contributed by atoms with Crippen LogP contribution < -0.4 is 15.8 Å². The molecule has 1 aliphatic rings. The van der Waals surface area contributed by atoms with E-state index in [9.17, 15) is 9.59 Å². The second kappa shape index (κ2) is 7.53. The van der Waals surface area contributed by atoms with Crippen molar-refractivity contribution < 1.29 is 9.32 Å². The number of benzene rings is 1. The maximum absolute atomic E-state index is 12.2. The molecule has 6 nitrogen and oxygen atoms in total. The Morgan fingerprint density at radius 1 is 1.27 bits per heavy atom. The highest BCUT2D eigenvalue weighted by molar-refractivity contribution is 8.14. The van der Waals surface area contributed by atoms with E-state index in [0.717, 1.165) is 41.3 Å². The molecule has 0 bridgehead atoms. The fourth-order valence-corrected chi connectivity index (χ4v) is 4.53. The number of nitrogens with zero attached hydrogens (tertiary/aromatic N) is 2. The summed E-state index contributed by atoms with van der Waals surface area (Å²) >= 11 is 0. The van der Waals surface area contributed by atoms with Gasteiger partial charge >= 0.3 is 5.63 Å². The molecule has 2 heterocycles. The molecule has 0 aliphatic carbocycles. The predicted octanol–water partition coefficient (Wildman–Crippen LogP) is 2.34. The molecule has 0 saturated carbocycles. The standard InChI is InChI=1S/C19H25N3O3S/c1-13-9-16(17-11-22(25-19(17)24)12-20-15(3)23)10-14(2)18(13)21-5-7-26(4)8-6-21/h9-11H,4-8,12H2,1-3H3,(H,20,23).